The van der Waals surface area contributed by atoms with Crippen LogP contribution in [0.1, 0.15) is 58.5 Å². The van der Waals surface area contributed by atoms with Gasteiger partial charge < -0.3 is 10.6 Å². The number of benzene rings is 3. The van der Waals surface area contributed by atoms with Crippen LogP contribution in [0.25, 0.3) is 0 Å². The van der Waals surface area contributed by atoms with Gasteiger partial charge in [0.1, 0.15) is 0 Å². The van der Waals surface area contributed by atoms with E-state index in [-0.39, 0.29) is 28.3 Å². The number of carbonyl (C=O) groups excluding carboxylic acids is 2. The zero-order chi connectivity index (χ0) is 24.8. The molecule has 35 heavy (non-hydrogen) atoms. The van der Waals surface area contributed by atoms with Crippen molar-refractivity contribution in [3.05, 3.63) is 95.6 Å². The maximum absolute atomic E-state index is 13.0. The van der Waals surface area contributed by atoms with Gasteiger partial charge in [-0.3, -0.25) is 9.59 Å². The van der Waals surface area contributed by atoms with Crippen molar-refractivity contribution >= 4 is 27.5 Å². The average Bonchev–Trinajstić information content (AvgIpc) is 2.90. The molecule has 1 atom stereocenters. The van der Waals surface area contributed by atoms with Crippen LogP contribution in [0.5, 0.6) is 0 Å². The number of carbonyl (C=O) groups is 2. The van der Waals surface area contributed by atoms with E-state index in [0.717, 1.165) is 24.8 Å². The van der Waals surface area contributed by atoms with E-state index < -0.39 is 10.0 Å². The first kappa shape index (κ1) is 24.6. The molecule has 182 valence electrons. The van der Waals surface area contributed by atoms with E-state index in [1.165, 1.54) is 16.4 Å². The molecule has 0 saturated carbocycles. The molecule has 4 rings (SSSR count). The molecule has 3 aromatic carbocycles. The van der Waals surface area contributed by atoms with E-state index in [1.807, 2.05) is 31.2 Å². The SMILES string of the molecule is CC(NC(=O)c1cccc(S(=O)(=O)N2CCCCC2)c1)c1cccc(NC(=O)c2ccccc2)c1. The highest BCUT2D eigenvalue weighted by molar-refractivity contribution is 7.89. The number of anilines is 1. The van der Waals surface area contributed by atoms with Crippen LogP contribution in [0.3, 0.4) is 0 Å². The van der Waals surface area contributed by atoms with Crippen molar-refractivity contribution in [2.45, 2.75) is 37.1 Å². The maximum Gasteiger partial charge on any atom is 0.255 e. The lowest BCUT2D eigenvalue weighted by Crippen LogP contribution is -2.35. The maximum atomic E-state index is 13.0. The molecule has 7 nitrogen and oxygen atoms in total. The third-order valence-corrected chi connectivity index (χ3v) is 7.97. The first-order valence-electron chi connectivity index (χ1n) is 11.7. The summed E-state index contributed by atoms with van der Waals surface area (Å²) in [5, 5.41) is 5.79. The predicted molar refractivity (Wildman–Crippen MR) is 136 cm³/mol. The Kier molecular flexibility index (Phi) is 7.63. The van der Waals surface area contributed by atoms with Crippen molar-refractivity contribution in [2.75, 3.05) is 18.4 Å². The third kappa shape index (κ3) is 5.96. The van der Waals surface area contributed by atoms with Gasteiger partial charge in [-0.25, -0.2) is 8.42 Å². The molecule has 1 heterocycles. The molecule has 1 aliphatic heterocycles. The van der Waals surface area contributed by atoms with E-state index in [1.54, 1.807) is 42.5 Å². The predicted octanol–water partition coefficient (Wildman–Crippen LogP) is 4.60. The summed E-state index contributed by atoms with van der Waals surface area (Å²) in [5.41, 5.74) is 2.26. The molecule has 0 aliphatic carbocycles. The van der Waals surface area contributed by atoms with Gasteiger partial charge in [-0.2, -0.15) is 4.31 Å². The number of sulfonamides is 1. The number of nitrogens with zero attached hydrogens (tertiary/aromatic N) is 1. The molecule has 3 aromatic rings. The van der Waals surface area contributed by atoms with E-state index in [2.05, 4.69) is 10.6 Å². The molecule has 1 fully saturated rings. The summed E-state index contributed by atoms with van der Waals surface area (Å²) in [7, 11) is -3.63. The molecular weight excluding hydrogens is 462 g/mol. The summed E-state index contributed by atoms with van der Waals surface area (Å²) in [6.45, 7) is 2.85. The van der Waals surface area contributed by atoms with Crippen LogP contribution in [0.2, 0.25) is 0 Å². The Morgan fingerprint density at radius 1 is 0.800 bits per heavy atom. The van der Waals surface area contributed by atoms with Crippen molar-refractivity contribution in [1.29, 1.82) is 0 Å². The lowest BCUT2D eigenvalue weighted by Gasteiger charge is -2.26. The molecule has 2 amide bonds. The number of hydrogen-bond donors (Lipinski definition) is 2. The van der Waals surface area contributed by atoms with Crippen LogP contribution in [-0.2, 0) is 10.0 Å². The number of nitrogens with one attached hydrogen (secondary N) is 2. The second-order valence-corrected chi connectivity index (χ2v) is 10.6. The Balaban J connectivity index is 1.44. The van der Waals surface area contributed by atoms with Gasteiger partial charge in [-0.05, 0) is 67.8 Å². The zero-order valence-electron chi connectivity index (χ0n) is 19.6. The van der Waals surface area contributed by atoms with Crippen molar-refractivity contribution < 1.29 is 18.0 Å². The normalized spacial score (nSPS) is 15.2. The minimum atomic E-state index is -3.63. The number of hydrogen-bond acceptors (Lipinski definition) is 4. The highest BCUT2D eigenvalue weighted by atomic mass is 32.2. The third-order valence-electron chi connectivity index (χ3n) is 6.08. The monoisotopic (exact) mass is 491 g/mol. The minimum Gasteiger partial charge on any atom is -0.346 e. The summed E-state index contributed by atoms with van der Waals surface area (Å²) in [4.78, 5) is 25.5. The van der Waals surface area contributed by atoms with Gasteiger partial charge in [0.15, 0.2) is 0 Å². The molecule has 8 heteroatoms. The zero-order valence-corrected chi connectivity index (χ0v) is 20.4. The van der Waals surface area contributed by atoms with Crippen LogP contribution in [-0.4, -0.2) is 37.6 Å². The Bertz CT molecular complexity index is 1300. The Hall–Kier alpha value is -3.49. The van der Waals surface area contributed by atoms with E-state index in [4.69, 9.17) is 0 Å². The molecule has 2 N–H and O–H groups in total. The fourth-order valence-corrected chi connectivity index (χ4v) is 5.66. The van der Waals surface area contributed by atoms with E-state index in [0.29, 0.717) is 24.3 Å². The van der Waals surface area contributed by atoms with Crippen molar-refractivity contribution in [3.8, 4) is 0 Å². The number of rotatable bonds is 7. The van der Waals surface area contributed by atoms with Gasteiger partial charge >= 0.3 is 0 Å². The van der Waals surface area contributed by atoms with Gasteiger partial charge in [0, 0.05) is 29.9 Å². The lowest BCUT2D eigenvalue weighted by molar-refractivity contribution is 0.0938. The van der Waals surface area contributed by atoms with Crippen LogP contribution in [0.4, 0.5) is 5.69 Å². The summed E-state index contributed by atoms with van der Waals surface area (Å²) in [6, 6.07) is 22.0. The van der Waals surface area contributed by atoms with Gasteiger partial charge in [0.25, 0.3) is 11.8 Å². The summed E-state index contributed by atoms with van der Waals surface area (Å²) < 4.78 is 27.5. The summed E-state index contributed by atoms with van der Waals surface area (Å²) in [5.74, 6) is -0.585. The van der Waals surface area contributed by atoms with Gasteiger partial charge in [-0.15, -0.1) is 0 Å². The molecule has 0 bridgehead atoms. The lowest BCUT2D eigenvalue weighted by atomic mass is 10.1. The fourth-order valence-electron chi connectivity index (χ4n) is 4.09. The van der Waals surface area contributed by atoms with Gasteiger partial charge in [-0.1, -0.05) is 42.8 Å². The van der Waals surface area contributed by atoms with Crippen LogP contribution in [0, 0.1) is 0 Å². The summed E-state index contributed by atoms with van der Waals surface area (Å²) in [6.07, 6.45) is 2.73. The topological polar surface area (TPSA) is 95.6 Å². The minimum absolute atomic E-state index is 0.130. The molecule has 0 radical (unpaired) electrons. The van der Waals surface area contributed by atoms with E-state index >= 15 is 0 Å². The largest absolute Gasteiger partial charge is 0.346 e. The quantitative estimate of drug-likeness (QED) is 0.505. The average molecular weight is 492 g/mol. The highest BCUT2D eigenvalue weighted by Gasteiger charge is 2.26. The Morgan fingerprint density at radius 3 is 2.23 bits per heavy atom. The summed E-state index contributed by atoms with van der Waals surface area (Å²) >= 11 is 0. The molecule has 1 saturated heterocycles. The van der Waals surface area contributed by atoms with E-state index in [9.17, 15) is 18.0 Å². The van der Waals surface area contributed by atoms with Gasteiger partial charge in [0.05, 0.1) is 10.9 Å². The van der Waals surface area contributed by atoms with Gasteiger partial charge in [0.2, 0.25) is 10.0 Å². The molecule has 1 aliphatic rings. The second-order valence-electron chi connectivity index (χ2n) is 8.63. The van der Waals surface area contributed by atoms with Crippen molar-refractivity contribution in [2.24, 2.45) is 0 Å². The standard InChI is InChI=1S/C27H29N3O4S/c1-20(22-12-8-14-24(18-22)29-26(31)21-10-4-2-5-11-21)28-27(32)23-13-9-15-25(19-23)35(33,34)30-16-6-3-7-17-30/h2,4-5,8-15,18-20H,3,6-7,16-17H2,1H3,(H,28,32)(H,29,31). The second kappa shape index (κ2) is 10.8. The molecule has 0 spiro atoms. The van der Waals surface area contributed by atoms with Crippen molar-refractivity contribution in [1.82, 2.24) is 9.62 Å². The highest BCUT2D eigenvalue weighted by Crippen LogP contribution is 2.22. The molecule has 0 aromatic heterocycles. The fraction of sp³-hybridized carbons (Fsp3) is 0.259. The first-order chi connectivity index (χ1) is 16.8. The molecular formula is C27H29N3O4S. The smallest absolute Gasteiger partial charge is 0.255 e. The molecule has 1 unspecified atom stereocenters. The first-order valence-corrected chi connectivity index (χ1v) is 13.2. The van der Waals surface area contributed by atoms with Crippen molar-refractivity contribution in [3.63, 3.8) is 0 Å². The van der Waals surface area contributed by atoms with Crippen LogP contribution < -0.4 is 10.6 Å². The van der Waals surface area contributed by atoms with Crippen LogP contribution in [0.15, 0.2) is 83.8 Å². The number of piperidine rings is 1. The Morgan fingerprint density at radius 2 is 1.49 bits per heavy atom. The Labute approximate surface area is 206 Å². The van der Waals surface area contributed by atoms with Crippen LogP contribution >= 0.6 is 0 Å². The number of amides is 2.